The molecule has 0 unspecified atom stereocenters. The molecule has 0 atom stereocenters. The number of amides is 1. The molecule has 0 saturated heterocycles. The molecule has 0 fully saturated rings. The van der Waals surface area contributed by atoms with Gasteiger partial charge in [-0.3, -0.25) is 9.59 Å². The van der Waals surface area contributed by atoms with Crippen molar-refractivity contribution in [1.29, 1.82) is 0 Å². The minimum absolute atomic E-state index is 0.0166. The third-order valence-corrected chi connectivity index (χ3v) is 2.74. The molecule has 1 aromatic carbocycles. The van der Waals surface area contributed by atoms with Gasteiger partial charge in [-0.1, -0.05) is 18.2 Å². The Morgan fingerprint density at radius 2 is 1.79 bits per heavy atom. The minimum Gasteiger partial charge on any atom is -0.508 e. The lowest BCUT2D eigenvalue weighted by atomic mass is 10.0. The number of aliphatic carboxylic acids is 1. The quantitative estimate of drug-likeness (QED) is 0.867. The second-order valence-electron chi connectivity index (χ2n) is 5.35. The van der Waals surface area contributed by atoms with Gasteiger partial charge in [0.25, 0.3) is 0 Å². The van der Waals surface area contributed by atoms with Gasteiger partial charge in [0.05, 0.1) is 6.42 Å². The highest BCUT2D eigenvalue weighted by Crippen LogP contribution is 2.20. The van der Waals surface area contributed by atoms with Gasteiger partial charge >= 0.3 is 5.97 Å². The van der Waals surface area contributed by atoms with Crippen LogP contribution in [0.3, 0.4) is 0 Å². The first kappa shape index (κ1) is 15.0. The van der Waals surface area contributed by atoms with Crippen LogP contribution >= 0.6 is 0 Å². The van der Waals surface area contributed by atoms with E-state index in [2.05, 4.69) is 0 Å². The number of nitrogens with zero attached hydrogens (tertiary/aromatic N) is 1. The van der Waals surface area contributed by atoms with E-state index in [1.807, 2.05) is 0 Å². The number of aromatic hydroxyl groups is 1. The van der Waals surface area contributed by atoms with Crippen LogP contribution in [0.15, 0.2) is 24.3 Å². The molecule has 5 heteroatoms. The van der Waals surface area contributed by atoms with E-state index < -0.39 is 11.5 Å². The summed E-state index contributed by atoms with van der Waals surface area (Å²) in [5.41, 5.74) is -0.0907. The molecule has 0 aromatic heterocycles. The third kappa shape index (κ3) is 4.28. The third-order valence-electron chi connectivity index (χ3n) is 2.74. The summed E-state index contributed by atoms with van der Waals surface area (Å²) in [5.74, 6) is -1.34. The van der Waals surface area contributed by atoms with Gasteiger partial charge in [0, 0.05) is 11.1 Å². The Balaban J connectivity index is 2.89. The molecule has 0 aliphatic rings. The predicted molar refractivity (Wildman–Crippen MR) is 70.9 cm³/mol. The molecule has 1 aromatic rings. The summed E-state index contributed by atoms with van der Waals surface area (Å²) in [5, 5.41) is 18.5. The lowest BCUT2D eigenvalue weighted by Gasteiger charge is -2.34. The number of carboxylic acid groups (broad SMARTS) is 1. The smallest absolute Gasteiger partial charge is 0.323 e. The number of phenols is 1. The number of carbonyl (C=O) groups is 2. The molecule has 19 heavy (non-hydrogen) atoms. The van der Waals surface area contributed by atoms with Crippen LogP contribution in [0.4, 0.5) is 0 Å². The van der Waals surface area contributed by atoms with Gasteiger partial charge < -0.3 is 15.1 Å². The molecule has 5 nitrogen and oxygen atoms in total. The van der Waals surface area contributed by atoms with Gasteiger partial charge in [0.15, 0.2) is 0 Å². The monoisotopic (exact) mass is 265 g/mol. The first-order valence-corrected chi connectivity index (χ1v) is 6.01. The molecule has 1 amide bonds. The molecule has 1 rings (SSSR count). The number of rotatable bonds is 4. The van der Waals surface area contributed by atoms with E-state index in [1.54, 1.807) is 39.0 Å². The standard InChI is InChI=1S/C14H19NO4/c1-14(2,3)15(9-13(18)19)12(17)8-10-6-4-5-7-11(10)16/h4-7,16H,8-9H2,1-3H3,(H,18,19). The van der Waals surface area contributed by atoms with E-state index in [4.69, 9.17) is 5.11 Å². The van der Waals surface area contributed by atoms with E-state index in [9.17, 15) is 14.7 Å². The Morgan fingerprint density at radius 1 is 1.21 bits per heavy atom. The second kappa shape index (κ2) is 5.73. The molecule has 0 bridgehead atoms. The molecule has 0 aliphatic carbocycles. The highest BCUT2D eigenvalue weighted by atomic mass is 16.4. The molecule has 0 saturated carbocycles. The van der Waals surface area contributed by atoms with Crippen LogP contribution in [0.1, 0.15) is 26.3 Å². The number of hydrogen-bond donors (Lipinski definition) is 2. The van der Waals surface area contributed by atoms with Crippen molar-refractivity contribution in [3.8, 4) is 5.75 Å². The van der Waals surface area contributed by atoms with Crippen molar-refractivity contribution in [2.75, 3.05) is 6.54 Å². The summed E-state index contributed by atoms with van der Waals surface area (Å²) in [7, 11) is 0. The lowest BCUT2D eigenvalue weighted by Crippen LogP contribution is -2.48. The highest BCUT2D eigenvalue weighted by molar-refractivity contribution is 5.84. The average Bonchev–Trinajstić information content (AvgIpc) is 2.27. The fourth-order valence-electron chi connectivity index (χ4n) is 1.75. The normalized spacial score (nSPS) is 11.1. The maximum atomic E-state index is 12.2. The molecular weight excluding hydrogens is 246 g/mol. The fourth-order valence-corrected chi connectivity index (χ4v) is 1.75. The molecule has 0 heterocycles. The SMILES string of the molecule is CC(C)(C)N(CC(=O)O)C(=O)Cc1ccccc1O. The van der Waals surface area contributed by atoms with Crippen LogP contribution < -0.4 is 0 Å². The van der Waals surface area contributed by atoms with Crippen molar-refractivity contribution in [2.24, 2.45) is 0 Å². The Hall–Kier alpha value is -2.04. The van der Waals surface area contributed by atoms with E-state index >= 15 is 0 Å². The summed E-state index contributed by atoms with van der Waals surface area (Å²) >= 11 is 0. The highest BCUT2D eigenvalue weighted by Gasteiger charge is 2.28. The number of para-hydroxylation sites is 1. The average molecular weight is 265 g/mol. The topological polar surface area (TPSA) is 77.8 Å². The van der Waals surface area contributed by atoms with E-state index in [1.165, 1.54) is 11.0 Å². The van der Waals surface area contributed by atoms with Crippen molar-refractivity contribution in [3.05, 3.63) is 29.8 Å². The van der Waals surface area contributed by atoms with Crippen LogP contribution in [0.5, 0.6) is 5.75 Å². The van der Waals surface area contributed by atoms with Gasteiger partial charge in [0.2, 0.25) is 5.91 Å². The van der Waals surface area contributed by atoms with Gasteiger partial charge in [0.1, 0.15) is 12.3 Å². The Kier molecular flexibility index (Phi) is 4.53. The van der Waals surface area contributed by atoms with E-state index in [0.717, 1.165) is 0 Å². The molecular formula is C14H19NO4. The van der Waals surface area contributed by atoms with Crippen LogP contribution in [0.25, 0.3) is 0 Å². The molecule has 0 radical (unpaired) electrons. The maximum Gasteiger partial charge on any atom is 0.323 e. The molecule has 104 valence electrons. The minimum atomic E-state index is -1.06. The zero-order valence-electron chi connectivity index (χ0n) is 11.4. The Labute approximate surface area is 112 Å². The van der Waals surface area contributed by atoms with E-state index in [0.29, 0.717) is 5.56 Å². The first-order valence-electron chi connectivity index (χ1n) is 6.01. The number of hydrogen-bond acceptors (Lipinski definition) is 3. The van der Waals surface area contributed by atoms with Crippen LogP contribution in [0.2, 0.25) is 0 Å². The van der Waals surface area contributed by atoms with E-state index in [-0.39, 0.29) is 24.6 Å². The van der Waals surface area contributed by atoms with Crippen molar-refractivity contribution >= 4 is 11.9 Å². The second-order valence-corrected chi connectivity index (χ2v) is 5.35. The van der Waals surface area contributed by atoms with Crippen molar-refractivity contribution in [1.82, 2.24) is 4.90 Å². The number of benzene rings is 1. The van der Waals surface area contributed by atoms with Crippen LogP contribution in [-0.4, -0.2) is 39.1 Å². The zero-order chi connectivity index (χ0) is 14.6. The van der Waals surface area contributed by atoms with Gasteiger partial charge in [-0.15, -0.1) is 0 Å². The number of phenolic OH excluding ortho intramolecular Hbond substituents is 1. The summed E-state index contributed by atoms with van der Waals surface area (Å²) in [6.45, 7) is 4.98. The Morgan fingerprint density at radius 3 is 2.26 bits per heavy atom. The van der Waals surface area contributed by atoms with Gasteiger partial charge in [-0.25, -0.2) is 0 Å². The largest absolute Gasteiger partial charge is 0.508 e. The van der Waals surface area contributed by atoms with Crippen LogP contribution in [0, 0.1) is 0 Å². The maximum absolute atomic E-state index is 12.2. The zero-order valence-corrected chi connectivity index (χ0v) is 11.4. The molecule has 2 N–H and O–H groups in total. The predicted octanol–water partition coefficient (Wildman–Crippen LogP) is 1.65. The molecule has 0 spiro atoms. The number of carboxylic acids is 1. The Bertz CT molecular complexity index is 477. The first-order chi connectivity index (χ1) is 8.71. The fraction of sp³-hybridized carbons (Fsp3) is 0.429. The summed E-state index contributed by atoms with van der Waals surface area (Å²) in [6.07, 6.45) is -0.0166. The van der Waals surface area contributed by atoms with Crippen molar-refractivity contribution in [3.63, 3.8) is 0 Å². The van der Waals surface area contributed by atoms with Crippen molar-refractivity contribution < 1.29 is 19.8 Å². The summed E-state index contributed by atoms with van der Waals surface area (Å²) < 4.78 is 0. The summed E-state index contributed by atoms with van der Waals surface area (Å²) in [6, 6.07) is 6.54. The van der Waals surface area contributed by atoms with Crippen LogP contribution in [-0.2, 0) is 16.0 Å². The molecule has 0 aliphatic heterocycles. The summed E-state index contributed by atoms with van der Waals surface area (Å²) in [4.78, 5) is 24.3. The lowest BCUT2D eigenvalue weighted by molar-refractivity contribution is -0.147. The van der Waals surface area contributed by atoms with Crippen molar-refractivity contribution in [2.45, 2.75) is 32.7 Å². The van der Waals surface area contributed by atoms with Gasteiger partial charge in [-0.2, -0.15) is 0 Å². The number of carbonyl (C=O) groups excluding carboxylic acids is 1. The van der Waals surface area contributed by atoms with Gasteiger partial charge in [-0.05, 0) is 26.8 Å².